The van der Waals surface area contributed by atoms with E-state index in [9.17, 15) is 24.2 Å². The molecule has 1 heterocycles. The molecule has 7 nitrogen and oxygen atoms in total. The van der Waals surface area contributed by atoms with Crippen LogP contribution >= 0.6 is 0 Å². The first-order chi connectivity index (χ1) is 19.7. The maximum atomic E-state index is 14.3. The molecule has 1 amide bonds. The number of nitrogens with one attached hydrogen (secondary N) is 1. The van der Waals surface area contributed by atoms with E-state index < -0.39 is 30.8 Å². The van der Waals surface area contributed by atoms with E-state index in [0.717, 1.165) is 66.7 Å². The minimum absolute atomic E-state index is 0.0230. The van der Waals surface area contributed by atoms with E-state index in [-0.39, 0.29) is 30.1 Å². The van der Waals surface area contributed by atoms with Gasteiger partial charge in [-0.05, 0) is 86.8 Å². The van der Waals surface area contributed by atoms with Crippen molar-refractivity contribution in [1.29, 1.82) is 0 Å². The van der Waals surface area contributed by atoms with Gasteiger partial charge in [0.05, 0.1) is 24.2 Å². The SMILES string of the molecule is CC(C)c1c(C(=O)Nc2ccccc2)c(C2CCCCC2)c(C2CCC(F)CC2)n1CC[C@@H](O)C[C@@H](O)CC(=O)O. The summed E-state index contributed by atoms with van der Waals surface area (Å²) in [7, 11) is 0. The second kappa shape index (κ2) is 14.5. The van der Waals surface area contributed by atoms with E-state index >= 15 is 0 Å². The zero-order valence-corrected chi connectivity index (χ0v) is 24.5. The van der Waals surface area contributed by atoms with Crippen molar-refractivity contribution in [2.45, 2.75) is 134 Å². The molecule has 0 unspecified atom stereocenters. The highest BCUT2D eigenvalue weighted by molar-refractivity contribution is 6.07. The summed E-state index contributed by atoms with van der Waals surface area (Å²) in [4.78, 5) is 25.2. The number of aromatic nitrogens is 1. The Morgan fingerprint density at radius 1 is 0.951 bits per heavy atom. The fourth-order valence-corrected chi connectivity index (χ4v) is 7.04. The lowest BCUT2D eigenvalue weighted by atomic mass is 9.77. The number of aliphatic hydroxyl groups excluding tert-OH is 2. The second-order valence-corrected chi connectivity index (χ2v) is 12.4. The van der Waals surface area contributed by atoms with Crippen LogP contribution in [0, 0.1) is 0 Å². The van der Waals surface area contributed by atoms with Crippen LogP contribution in [-0.4, -0.2) is 50.1 Å². The Bertz CT molecular complexity index is 1150. The summed E-state index contributed by atoms with van der Waals surface area (Å²) in [5, 5.41) is 33.0. The first kappa shape index (κ1) is 31.2. The van der Waals surface area contributed by atoms with Gasteiger partial charge < -0.3 is 25.2 Å². The number of carboxylic acid groups (broad SMARTS) is 1. The van der Waals surface area contributed by atoms with Crippen LogP contribution in [-0.2, 0) is 11.3 Å². The predicted octanol–water partition coefficient (Wildman–Crippen LogP) is 6.88. The molecule has 0 bridgehead atoms. The van der Waals surface area contributed by atoms with Crippen molar-refractivity contribution >= 4 is 17.6 Å². The van der Waals surface area contributed by atoms with Crippen LogP contribution in [0.1, 0.15) is 136 Å². The molecule has 1 aromatic heterocycles. The molecule has 0 spiro atoms. The van der Waals surface area contributed by atoms with E-state index in [0.29, 0.717) is 25.8 Å². The Kier molecular flexibility index (Phi) is 11.0. The molecule has 1 aromatic carbocycles. The number of benzene rings is 1. The van der Waals surface area contributed by atoms with Crippen molar-refractivity contribution in [2.24, 2.45) is 0 Å². The maximum absolute atomic E-state index is 14.3. The van der Waals surface area contributed by atoms with Gasteiger partial charge in [0.15, 0.2) is 0 Å². The number of hydrogen-bond donors (Lipinski definition) is 4. The first-order valence-electron chi connectivity index (χ1n) is 15.5. The fourth-order valence-electron chi connectivity index (χ4n) is 7.04. The van der Waals surface area contributed by atoms with E-state index in [4.69, 9.17) is 5.11 Å². The molecule has 2 atom stereocenters. The van der Waals surface area contributed by atoms with E-state index in [1.165, 1.54) is 6.42 Å². The van der Waals surface area contributed by atoms with Crippen molar-refractivity contribution in [3.8, 4) is 0 Å². The summed E-state index contributed by atoms with van der Waals surface area (Å²) in [5.41, 5.74) is 4.65. The minimum atomic E-state index is -1.12. The molecule has 2 fully saturated rings. The highest BCUT2D eigenvalue weighted by atomic mass is 19.1. The quantitative estimate of drug-likeness (QED) is 0.222. The van der Waals surface area contributed by atoms with Crippen molar-refractivity contribution in [1.82, 2.24) is 4.57 Å². The number of carbonyl (C=O) groups excluding carboxylic acids is 1. The average molecular weight is 571 g/mol. The van der Waals surface area contributed by atoms with Crippen molar-refractivity contribution in [3.63, 3.8) is 0 Å². The Morgan fingerprint density at radius 2 is 1.61 bits per heavy atom. The number of aliphatic hydroxyl groups is 2. The number of carbonyl (C=O) groups is 2. The zero-order chi connectivity index (χ0) is 29.5. The molecular weight excluding hydrogens is 523 g/mol. The largest absolute Gasteiger partial charge is 0.481 e. The molecule has 4 rings (SSSR count). The maximum Gasteiger partial charge on any atom is 0.305 e. The number of rotatable bonds is 12. The third kappa shape index (κ3) is 7.98. The highest BCUT2D eigenvalue weighted by Gasteiger charge is 2.37. The monoisotopic (exact) mass is 570 g/mol. The van der Waals surface area contributed by atoms with Crippen LogP contribution in [0.2, 0.25) is 0 Å². The van der Waals surface area contributed by atoms with Crippen molar-refractivity contribution in [2.75, 3.05) is 5.32 Å². The predicted molar refractivity (Wildman–Crippen MR) is 158 cm³/mol. The molecule has 2 saturated carbocycles. The second-order valence-electron chi connectivity index (χ2n) is 12.4. The molecule has 226 valence electrons. The molecule has 2 aliphatic carbocycles. The van der Waals surface area contributed by atoms with Gasteiger partial charge in [-0.1, -0.05) is 51.3 Å². The van der Waals surface area contributed by atoms with Gasteiger partial charge in [0.1, 0.15) is 6.17 Å². The molecule has 0 radical (unpaired) electrons. The van der Waals surface area contributed by atoms with Gasteiger partial charge in [-0.2, -0.15) is 0 Å². The Hall–Kier alpha value is -2.71. The lowest BCUT2D eigenvalue weighted by molar-refractivity contribution is -0.139. The fraction of sp³-hybridized carbons (Fsp3) is 0.636. The van der Waals surface area contributed by atoms with Gasteiger partial charge in [0, 0.05) is 23.6 Å². The third-order valence-electron chi connectivity index (χ3n) is 8.89. The first-order valence-corrected chi connectivity index (χ1v) is 15.5. The highest BCUT2D eigenvalue weighted by Crippen LogP contribution is 2.47. The number of anilines is 1. The molecule has 41 heavy (non-hydrogen) atoms. The number of alkyl halides is 1. The van der Waals surface area contributed by atoms with Crippen molar-refractivity contribution in [3.05, 3.63) is 52.8 Å². The van der Waals surface area contributed by atoms with Gasteiger partial charge in [-0.15, -0.1) is 0 Å². The van der Waals surface area contributed by atoms with Crippen LogP contribution in [0.4, 0.5) is 10.1 Å². The van der Waals surface area contributed by atoms with Gasteiger partial charge in [-0.25, -0.2) is 4.39 Å². The zero-order valence-electron chi connectivity index (χ0n) is 24.5. The minimum Gasteiger partial charge on any atom is -0.481 e. The molecule has 2 aromatic rings. The van der Waals surface area contributed by atoms with Gasteiger partial charge in [0.2, 0.25) is 0 Å². The van der Waals surface area contributed by atoms with Crippen LogP contribution < -0.4 is 5.32 Å². The Balaban J connectivity index is 1.79. The lowest BCUT2D eigenvalue weighted by Crippen LogP contribution is -2.24. The van der Waals surface area contributed by atoms with Gasteiger partial charge >= 0.3 is 5.97 Å². The van der Waals surface area contributed by atoms with E-state index in [1.807, 2.05) is 30.3 Å². The van der Waals surface area contributed by atoms with Crippen LogP contribution in [0.5, 0.6) is 0 Å². The number of carboxylic acids is 1. The lowest BCUT2D eigenvalue weighted by Gasteiger charge is -2.31. The van der Waals surface area contributed by atoms with Crippen LogP contribution in [0.25, 0.3) is 0 Å². The number of aliphatic carboxylic acids is 1. The Morgan fingerprint density at radius 3 is 2.22 bits per heavy atom. The standard InChI is InChI=1S/C33H47FN2O5/c1-21(2)31-30(33(41)35-25-11-7-4-8-12-25)29(22-9-5-3-6-10-22)32(23-13-15-24(34)16-14-23)36(31)18-17-26(37)19-27(38)20-28(39)40/h4,7-8,11-12,21-24,26-27,37-38H,3,5-6,9-10,13-20H2,1-2H3,(H,35,41)(H,39,40)/t23?,24?,26-,27-/m1/s1. The molecule has 8 heteroatoms. The number of para-hydroxylation sites is 1. The summed E-state index contributed by atoms with van der Waals surface area (Å²) in [5.74, 6) is -0.829. The summed E-state index contributed by atoms with van der Waals surface area (Å²) in [6.45, 7) is 4.62. The molecule has 0 saturated heterocycles. The molecule has 4 N–H and O–H groups in total. The van der Waals surface area contributed by atoms with Crippen LogP contribution in [0.15, 0.2) is 30.3 Å². The van der Waals surface area contributed by atoms with E-state index in [1.54, 1.807) is 0 Å². The van der Waals surface area contributed by atoms with Crippen LogP contribution in [0.3, 0.4) is 0 Å². The molecule has 2 aliphatic rings. The van der Waals surface area contributed by atoms with Gasteiger partial charge in [-0.3, -0.25) is 9.59 Å². The third-order valence-corrected chi connectivity index (χ3v) is 8.89. The summed E-state index contributed by atoms with van der Waals surface area (Å²) in [6.07, 6.45) is 4.99. The van der Waals surface area contributed by atoms with Crippen molar-refractivity contribution < 1.29 is 29.3 Å². The number of nitrogens with zero attached hydrogens (tertiary/aromatic N) is 1. The van der Waals surface area contributed by atoms with Gasteiger partial charge in [0.25, 0.3) is 5.91 Å². The topological polar surface area (TPSA) is 112 Å². The Labute approximate surface area is 243 Å². The summed E-state index contributed by atoms with van der Waals surface area (Å²) >= 11 is 0. The number of amides is 1. The number of hydrogen-bond acceptors (Lipinski definition) is 4. The number of halogens is 1. The average Bonchev–Trinajstić information content (AvgIpc) is 3.28. The molecule has 0 aliphatic heterocycles. The summed E-state index contributed by atoms with van der Waals surface area (Å²) in [6, 6.07) is 9.47. The molecular formula is C33H47FN2O5. The van der Waals surface area contributed by atoms with E-state index in [2.05, 4.69) is 23.7 Å². The normalized spacial score (nSPS) is 21.5. The smallest absolute Gasteiger partial charge is 0.305 e. The summed E-state index contributed by atoms with van der Waals surface area (Å²) < 4.78 is 16.5.